The summed E-state index contributed by atoms with van der Waals surface area (Å²) in [6.45, 7) is 4.17. The lowest BCUT2D eigenvalue weighted by Crippen LogP contribution is -2.54. The molecule has 1 aromatic carbocycles. The maximum absolute atomic E-state index is 13.3. The SMILES string of the molecule is O=C(N1CCOCC1)N1CCN(c2ccc(F)cc2[N+](=O)[O-])CC1. The van der Waals surface area contributed by atoms with Crippen molar-refractivity contribution in [3.63, 3.8) is 0 Å². The number of nitrogens with zero attached hydrogens (tertiary/aromatic N) is 4. The summed E-state index contributed by atoms with van der Waals surface area (Å²) in [5.74, 6) is -0.633. The highest BCUT2D eigenvalue weighted by molar-refractivity contribution is 5.75. The van der Waals surface area contributed by atoms with Crippen LogP contribution in [0, 0.1) is 15.9 Å². The number of nitro benzene ring substituents is 1. The van der Waals surface area contributed by atoms with E-state index in [4.69, 9.17) is 4.74 Å². The van der Waals surface area contributed by atoms with E-state index in [-0.39, 0.29) is 11.7 Å². The van der Waals surface area contributed by atoms with Gasteiger partial charge in [-0.05, 0) is 12.1 Å². The molecule has 0 saturated carbocycles. The molecule has 24 heavy (non-hydrogen) atoms. The van der Waals surface area contributed by atoms with Gasteiger partial charge in [0.25, 0.3) is 5.69 Å². The van der Waals surface area contributed by atoms with E-state index in [1.54, 1.807) is 9.80 Å². The molecule has 2 heterocycles. The molecular weight excluding hydrogens is 319 g/mol. The topological polar surface area (TPSA) is 79.2 Å². The molecular formula is C15H19FN4O4. The highest BCUT2D eigenvalue weighted by Crippen LogP contribution is 2.29. The lowest BCUT2D eigenvalue weighted by molar-refractivity contribution is -0.384. The Labute approximate surface area is 138 Å². The fraction of sp³-hybridized carbons (Fsp3) is 0.533. The quantitative estimate of drug-likeness (QED) is 0.600. The Balaban J connectivity index is 1.65. The first kappa shape index (κ1) is 16.4. The Morgan fingerprint density at radius 1 is 1.08 bits per heavy atom. The Morgan fingerprint density at radius 3 is 2.33 bits per heavy atom. The van der Waals surface area contributed by atoms with E-state index in [2.05, 4.69) is 0 Å². The first-order valence-corrected chi connectivity index (χ1v) is 7.87. The number of hydrogen-bond acceptors (Lipinski definition) is 5. The van der Waals surface area contributed by atoms with E-state index >= 15 is 0 Å². The molecule has 9 heteroatoms. The maximum atomic E-state index is 13.3. The fourth-order valence-electron chi connectivity index (χ4n) is 3.00. The maximum Gasteiger partial charge on any atom is 0.320 e. The van der Waals surface area contributed by atoms with Gasteiger partial charge in [0.05, 0.1) is 24.2 Å². The molecule has 0 N–H and O–H groups in total. The van der Waals surface area contributed by atoms with Crippen molar-refractivity contribution in [2.24, 2.45) is 0 Å². The predicted molar refractivity (Wildman–Crippen MR) is 84.6 cm³/mol. The van der Waals surface area contributed by atoms with Gasteiger partial charge in [-0.25, -0.2) is 9.18 Å². The van der Waals surface area contributed by atoms with Crippen LogP contribution in [0.15, 0.2) is 18.2 Å². The van der Waals surface area contributed by atoms with Crippen LogP contribution >= 0.6 is 0 Å². The second kappa shape index (κ2) is 7.00. The molecule has 3 rings (SSSR count). The second-order valence-corrected chi connectivity index (χ2v) is 5.75. The summed E-state index contributed by atoms with van der Waals surface area (Å²) < 4.78 is 18.5. The summed E-state index contributed by atoms with van der Waals surface area (Å²) in [5, 5.41) is 11.1. The molecule has 2 aliphatic rings. The minimum absolute atomic E-state index is 0.0217. The van der Waals surface area contributed by atoms with Gasteiger partial charge in [0.2, 0.25) is 0 Å². The van der Waals surface area contributed by atoms with Gasteiger partial charge in [0, 0.05) is 39.3 Å². The van der Waals surface area contributed by atoms with Crippen molar-refractivity contribution in [2.75, 3.05) is 57.4 Å². The third-order valence-electron chi connectivity index (χ3n) is 4.31. The largest absolute Gasteiger partial charge is 0.378 e. The number of carbonyl (C=O) groups excluding carboxylic acids is 1. The number of halogens is 1. The molecule has 0 unspecified atom stereocenters. The third-order valence-corrected chi connectivity index (χ3v) is 4.31. The standard InChI is InChI=1S/C15H19FN4O4/c16-12-1-2-13(14(11-12)20(22)23)17-3-5-18(6-4-17)15(21)19-7-9-24-10-8-19/h1-2,11H,3-10H2. The lowest BCUT2D eigenvalue weighted by Gasteiger charge is -2.39. The minimum atomic E-state index is -0.633. The van der Waals surface area contributed by atoms with Gasteiger partial charge in [-0.2, -0.15) is 0 Å². The average Bonchev–Trinajstić information content (AvgIpc) is 2.62. The van der Waals surface area contributed by atoms with Crippen LogP contribution in [0.3, 0.4) is 0 Å². The van der Waals surface area contributed by atoms with Crippen molar-refractivity contribution in [1.29, 1.82) is 0 Å². The first-order valence-electron chi connectivity index (χ1n) is 7.87. The average molecular weight is 338 g/mol. The van der Waals surface area contributed by atoms with E-state index in [0.717, 1.165) is 6.07 Å². The molecule has 2 amide bonds. The van der Waals surface area contributed by atoms with Crippen LogP contribution in [0.25, 0.3) is 0 Å². The van der Waals surface area contributed by atoms with E-state index in [1.807, 2.05) is 4.90 Å². The molecule has 0 aliphatic carbocycles. The van der Waals surface area contributed by atoms with Crippen molar-refractivity contribution >= 4 is 17.4 Å². The molecule has 0 spiro atoms. The predicted octanol–water partition coefficient (Wildman–Crippen LogP) is 1.31. The molecule has 0 atom stereocenters. The van der Waals surface area contributed by atoms with Crippen LogP contribution in [0.1, 0.15) is 0 Å². The monoisotopic (exact) mass is 338 g/mol. The lowest BCUT2D eigenvalue weighted by atomic mass is 10.2. The highest BCUT2D eigenvalue weighted by atomic mass is 19.1. The Hall–Kier alpha value is -2.42. The van der Waals surface area contributed by atoms with Gasteiger partial charge < -0.3 is 19.4 Å². The van der Waals surface area contributed by atoms with Gasteiger partial charge in [0.15, 0.2) is 0 Å². The number of rotatable bonds is 2. The number of morpholine rings is 1. The van der Waals surface area contributed by atoms with Crippen molar-refractivity contribution in [2.45, 2.75) is 0 Å². The number of anilines is 1. The Bertz CT molecular complexity index is 628. The minimum Gasteiger partial charge on any atom is -0.378 e. The van der Waals surface area contributed by atoms with Gasteiger partial charge in [0.1, 0.15) is 11.5 Å². The molecule has 0 radical (unpaired) electrons. The summed E-state index contributed by atoms with van der Waals surface area (Å²) >= 11 is 0. The molecule has 0 aromatic heterocycles. The number of nitro groups is 1. The fourth-order valence-corrected chi connectivity index (χ4v) is 3.00. The summed E-state index contributed by atoms with van der Waals surface area (Å²) in [6, 6.07) is 3.55. The number of benzene rings is 1. The van der Waals surface area contributed by atoms with Crippen molar-refractivity contribution < 1.29 is 18.8 Å². The molecule has 8 nitrogen and oxygen atoms in total. The van der Waals surface area contributed by atoms with Crippen LogP contribution < -0.4 is 4.90 Å². The van der Waals surface area contributed by atoms with E-state index < -0.39 is 10.7 Å². The van der Waals surface area contributed by atoms with Crippen LogP contribution in [-0.4, -0.2) is 73.2 Å². The summed E-state index contributed by atoms with van der Waals surface area (Å²) in [4.78, 5) is 28.3. The Morgan fingerprint density at radius 2 is 1.71 bits per heavy atom. The molecule has 2 aliphatic heterocycles. The van der Waals surface area contributed by atoms with E-state index in [0.29, 0.717) is 58.2 Å². The van der Waals surface area contributed by atoms with E-state index in [9.17, 15) is 19.3 Å². The zero-order valence-corrected chi connectivity index (χ0v) is 13.2. The normalized spacial score (nSPS) is 18.6. The summed E-state index contributed by atoms with van der Waals surface area (Å²) in [6.07, 6.45) is 0. The summed E-state index contributed by atoms with van der Waals surface area (Å²) in [7, 11) is 0. The van der Waals surface area contributed by atoms with Crippen LogP contribution in [0.4, 0.5) is 20.6 Å². The van der Waals surface area contributed by atoms with Gasteiger partial charge in [-0.1, -0.05) is 0 Å². The van der Waals surface area contributed by atoms with Crippen LogP contribution in [-0.2, 0) is 4.74 Å². The smallest absolute Gasteiger partial charge is 0.320 e. The van der Waals surface area contributed by atoms with Gasteiger partial charge >= 0.3 is 6.03 Å². The number of piperazine rings is 1. The second-order valence-electron chi connectivity index (χ2n) is 5.75. The van der Waals surface area contributed by atoms with Crippen molar-refractivity contribution in [1.82, 2.24) is 9.80 Å². The number of ether oxygens (including phenoxy) is 1. The number of urea groups is 1. The molecule has 130 valence electrons. The Kier molecular flexibility index (Phi) is 4.79. The molecule has 1 aromatic rings. The zero-order valence-electron chi connectivity index (χ0n) is 13.2. The summed E-state index contributed by atoms with van der Waals surface area (Å²) in [5.41, 5.74) is 0.142. The number of amides is 2. The molecule has 2 saturated heterocycles. The number of carbonyl (C=O) groups is 1. The van der Waals surface area contributed by atoms with E-state index in [1.165, 1.54) is 12.1 Å². The van der Waals surface area contributed by atoms with Crippen LogP contribution in [0.2, 0.25) is 0 Å². The van der Waals surface area contributed by atoms with Crippen LogP contribution in [0.5, 0.6) is 0 Å². The van der Waals surface area contributed by atoms with Crippen molar-refractivity contribution in [3.05, 3.63) is 34.1 Å². The van der Waals surface area contributed by atoms with Gasteiger partial charge in [-0.3, -0.25) is 10.1 Å². The third kappa shape index (κ3) is 3.40. The number of hydrogen-bond donors (Lipinski definition) is 0. The molecule has 2 fully saturated rings. The van der Waals surface area contributed by atoms with Crippen molar-refractivity contribution in [3.8, 4) is 0 Å². The highest BCUT2D eigenvalue weighted by Gasteiger charge is 2.29. The van der Waals surface area contributed by atoms with Gasteiger partial charge in [-0.15, -0.1) is 0 Å². The first-order chi connectivity index (χ1) is 11.6. The molecule has 0 bridgehead atoms. The zero-order chi connectivity index (χ0) is 17.1.